The molecule has 0 saturated heterocycles. The van der Waals surface area contributed by atoms with Crippen molar-refractivity contribution in [1.82, 2.24) is 0 Å². The van der Waals surface area contributed by atoms with Crippen LogP contribution in [0.15, 0.2) is 24.3 Å². The van der Waals surface area contributed by atoms with E-state index in [-0.39, 0.29) is 19.4 Å². The summed E-state index contributed by atoms with van der Waals surface area (Å²) >= 11 is 0. The van der Waals surface area contributed by atoms with Crippen LogP contribution in [0.5, 0.6) is 0 Å². The molecule has 0 radical (unpaired) electrons. The molecule has 0 amide bonds. The van der Waals surface area contributed by atoms with Gasteiger partial charge >= 0.3 is 19.8 Å². The SMILES string of the molecule is CCCCCCCC/C=C/CCCCCCCCCCCCCC(=O)OC[C@H](COP(=O)(O)O)OC(=O)CCCCCCC/C=C/CCCCCCCC. The number of rotatable bonds is 42. The van der Waals surface area contributed by atoms with Crippen LogP contribution in [0.3, 0.4) is 0 Å². The number of unbranched alkanes of at least 4 members (excludes halogenated alkanes) is 28. The van der Waals surface area contributed by atoms with Crippen molar-refractivity contribution in [2.24, 2.45) is 0 Å². The molecule has 8 nitrogen and oxygen atoms in total. The van der Waals surface area contributed by atoms with Gasteiger partial charge in [-0.3, -0.25) is 14.1 Å². The molecule has 9 heteroatoms. The number of esters is 2. The average molecular weight is 785 g/mol. The molecule has 0 aliphatic carbocycles. The highest BCUT2D eigenvalue weighted by Crippen LogP contribution is 2.36. The average Bonchev–Trinajstić information content (AvgIpc) is 3.14. The molecule has 0 unspecified atom stereocenters. The standard InChI is InChI=1S/C45H85O8P/c1-3-5-7-9-11-13-15-17-19-20-21-22-23-24-26-27-29-31-33-35-37-39-44(46)51-41-43(42-52-54(48,49)50)53-45(47)40-38-36-34-32-30-28-25-18-16-14-12-10-8-6-4-2/h17-19,25,43H,3-16,20-24,26-42H2,1-2H3,(H2,48,49,50)/b19-17+,25-18+/t43-/m1/s1. The first-order chi connectivity index (χ1) is 26.3. The van der Waals surface area contributed by atoms with Gasteiger partial charge in [-0.05, 0) is 64.2 Å². The fourth-order valence-electron chi connectivity index (χ4n) is 6.54. The third-order valence-corrected chi connectivity index (χ3v) is 10.4. The van der Waals surface area contributed by atoms with Gasteiger partial charge < -0.3 is 19.3 Å². The van der Waals surface area contributed by atoms with Crippen LogP contribution in [0.4, 0.5) is 0 Å². The fraction of sp³-hybridized carbons (Fsp3) is 0.867. The molecule has 0 aromatic heterocycles. The van der Waals surface area contributed by atoms with Gasteiger partial charge in [0.1, 0.15) is 6.61 Å². The molecule has 0 fully saturated rings. The maximum absolute atomic E-state index is 12.4. The highest BCUT2D eigenvalue weighted by Gasteiger charge is 2.22. The van der Waals surface area contributed by atoms with Crippen molar-refractivity contribution in [2.45, 2.75) is 238 Å². The Morgan fingerprint density at radius 2 is 0.778 bits per heavy atom. The minimum absolute atomic E-state index is 0.204. The topological polar surface area (TPSA) is 119 Å². The maximum atomic E-state index is 12.4. The number of ether oxygens (including phenoxy) is 2. The van der Waals surface area contributed by atoms with Gasteiger partial charge in [-0.1, -0.05) is 179 Å². The summed E-state index contributed by atoms with van der Waals surface area (Å²) < 4.78 is 26.4. The number of hydrogen-bond donors (Lipinski definition) is 2. The molecule has 0 aromatic carbocycles. The second-order valence-electron chi connectivity index (χ2n) is 15.4. The van der Waals surface area contributed by atoms with Crippen molar-refractivity contribution in [3.63, 3.8) is 0 Å². The molecule has 1 atom stereocenters. The molecule has 2 N–H and O–H groups in total. The van der Waals surface area contributed by atoms with Gasteiger partial charge in [0.25, 0.3) is 0 Å². The monoisotopic (exact) mass is 785 g/mol. The van der Waals surface area contributed by atoms with Gasteiger partial charge in [-0.25, -0.2) is 4.57 Å². The van der Waals surface area contributed by atoms with E-state index in [2.05, 4.69) is 42.7 Å². The highest BCUT2D eigenvalue weighted by molar-refractivity contribution is 7.46. The normalized spacial score (nSPS) is 12.6. The van der Waals surface area contributed by atoms with Gasteiger partial charge in [0, 0.05) is 12.8 Å². The van der Waals surface area contributed by atoms with Gasteiger partial charge in [0.15, 0.2) is 6.10 Å². The van der Waals surface area contributed by atoms with Gasteiger partial charge in [0.2, 0.25) is 0 Å². The van der Waals surface area contributed by atoms with Crippen LogP contribution in [0.25, 0.3) is 0 Å². The lowest BCUT2D eigenvalue weighted by Gasteiger charge is -2.18. The van der Waals surface area contributed by atoms with Crippen LogP contribution < -0.4 is 0 Å². The third kappa shape index (κ3) is 43.3. The van der Waals surface area contributed by atoms with Gasteiger partial charge in [-0.2, -0.15) is 0 Å². The van der Waals surface area contributed by atoms with Gasteiger partial charge in [-0.15, -0.1) is 0 Å². The zero-order chi connectivity index (χ0) is 39.6. The third-order valence-electron chi connectivity index (χ3n) is 9.94. The first kappa shape index (κ1) is 52.5. The van der Waals surface area contributed by atoms with Crippen molar-refractivity contribution < 1.29 is 37.9 Å². The van der Waals surface area contributed by atoms with E-state index < -0.39 is 32.5 Å². The largest absolute Gasteiger partial charge is 0.469 e. The van der Waals surface area contributed by atoms with Crippen LogP contribution in [0, 0.1) is 0 Å². The Morgan fingerprint density at radius 1 is 0.463 bits per heavy atom. The number of carbonyl (C=O) groups excluding carboxylic acids is 2. The van der Waals surface area contributed by atoms with E-state index in [1.807, 2.05) is 0 Å². The summed E-state index contributed by atoms with van der Waals surface area (Å²) in [6.45, 7) is 3.69. The molecule has 0 bridgehead atoms. The van der Waals surface area contributed by atoms with Crippen molar-refractivity contribution in [2.75, 3.05) is 13.2 Å². The fourth-order valence-corrected chi connectivity index (χ4v) is 6.90. The van der Waals surface area contributed by atoms with E-state index >= 15 is 0 Å². The highest BCUT2D eigenvalue weighted by atomic mass is 31.2. The molecule has 0 heterocycles. The second-order valence-corrected chi connectivity index (χ2v) is 16.6. The molecular formula is C45H85O8P. The minimum Gasteiger partial charge on any atom is -0.462 e. The number of hydrogen-bond acceptors (Lipinski definition) is 6. The summed E-state index contributed by atoms with van der Waals surface area (Å²) in [5.74, 6) is -0.887. The van der Waals surface area contributed by atoms with Crippen LogP contribution in [-0.4, -0.2) is 41.0 Å². The number of carbonyl (C=O) groups is 2. The van der Waals surface area contributed by atoms with Crippen molar-refractivity contribution in [3.05, 3.63) is 24.3 Å². The molecule has 0 rings (SSSR count). The summed E-state index contributed by atoms with van der Waals surface area (Å²) in [5.41, 5.74) is 0. The van der Waals surface area contributed by atoms with Gasteiger partial charge in [0.05, 0.1) is 6.61 Å². The molecular weight excluding hydrogens is 699 g/mol. The Morgan fingerprint density at radius 3 is 1.13 bits per heavy atom. The Kier molecular flexibility index (Phi) is 40.1. The number of phosphoric acid groups is 1. The first-order valence-corrected chi connectivity index (χ1v) is 24.2. The Bertz CT molecular complexity index is 931. The predicted octanol–water partition coefficient (Wildman–Crippen LogP) is 14.0. The quantitative estimate of drug-likeness (QED) is 0.0272. The maximum Gasteiger partial charge on any atom is 0.469 e. The zero-order valence-electron chi connectivity index (χ0n) is 35.1. The van der Waals surface area contributed by atoms with Crippen molar-refractivity contribution in [1.29, 1.82) is 0 Å². The minimum atomic E-state index is -4.75. The lowest BCUT2D eigenvalue weighted by atomic mass is 10.0. The van der Waals surface area contributed by atoms with E-state index in [1.165, 1.54) is 148 Å². The molecule has 0 aliphatic rings. The molecule has 0 spiro atoms. The van der Waals surface area contributed by atoms with Crippen molar-refractivity contribution >= 4 is 19.8 Å². The van der Waals surface area contributed by atoms with E-state index in [9.17, 15) is 14.2 Å². The van der Waals surface area contributed by atoms with Crippen LogP contribution in [-0.2, 0) is 28.2 Å². The predicted molar refractivity (Wildman–Crippen MR) is 225 cm³/mol. The van der Waals surface area contributed by atoms with E-state index in [0.29, 0.717) is 6.42 Å². The zero-order valence-corrected chi connectivity index (χ0v) is 36.0. The smallest absolute Gasteiger partial charge is 0.462 e. The first-order valence-electron chi connectivity index (χ1n) is 22.6. The molecule has 0 aliphatic heterocycles. The lowest BCUT2D eigenvalue weighted by Crippen LogP contribution is -2.29. The Balaban J connectivity index is 3.85. The summed E-state index contributed by atoms with van der Waals surface area (Å²) in [6, 6.07) is 0. The Hall–Kier alpha value is -1.47. The lowest BCUT2D eigenvalue weighted by molar-refractivity contribution is -0.161. The number of phosphoric ester groups is 1. The van der Waals surface area contributed by atoms with E-state index in [1.54, 1.807) is 0 Å². The summed E-state index contributed by atoms with van der Waals surface area (Å²) in [6.07, 6.45) is 47.6. The molecule has 0 aromatic rings. The van der Waals surface area contributed by atoms with Crippen molar-refractivity contribution in [3.8, 4) is 0 Å². The van der Waals surface area contributed by atoms with Crippen LogP contribution in [0.1, 0.15) is 232 Å². The Labute approximate surface area is 332 Å². The van der Waals surface area contributed by atoms with Crippen LogP contribution in [0.2, 0.25) is 0 Å². The summed E-state index contributed by atoms with van der Waals surface area (Å²) in [4.78, 5) is 42.9. The van der Waals surface area contributed by atoms with E-state index in [4.69, 9.17) is 19.3 Å². The summed E-state index contributed by atoms with van der Waals surface area (Å²) in [5, 5.41) is 0. The number of allylic oxidation sites excluding steroid dienone is 4. The summed E-state index contributed by atoms with van der Waals surface area (Å²) in [7, 11) is -4.75. The molecule has 0 saturated carbocycles. The molecule has 318 valence electrons. The second kappa shape index (κ2) is 41.2. The van der Waals surface area contributed by atoms with Crippen LogP contribution >= 0.6 is 7.82 Å². The van der Waals surface area contributed by atoms with E-state index in [0.717, 1.165) is 51.4 Å². The molecule has 54 heavy (non-hydrogen) atoms.